The second kappa shape index (κ2) is 9.34. The van der Waals surface area contributed by atoms with Crippen LogP contribution in [0, 0.1) is 0 Å². The highest BCUT2D eigenvalue weighted by atomic mass is 16.3. The summed E-state index contributed by atoms with van der Waals surface area (Å²) in [6.07, 6.45) is -3.67. The van der Waals surface area contributed by atoms with Crippen molar-refractivity contribution in [1.29, 1.82) is 0 Å². The lowest BCUT2D eigenvalue weighted by Crippen LogP contribution is -2.50. The van der Waals surface area contributed by atoms with Gasteiger partial charge < -0.3 is 20.4 Å². The number of rotatable bonds is 6. The molecule has 3 atom stereocenters. The van der Waals surface area contributed by atoms with Gasteiger partial charge in [0.25, 0.3) is 11.8 Å². The monoisotopic (exact) mass is 430 g/mol. The number of carbonyl (C=O) groups is 2. The zero-order valence-electron chi connectivity index (χ0n) is 17.8. The highest BCUT2D eigenvalue weighted by Crippen LogP contribution is 2.24. The number of benzene rings is 3. The Bertz CT molecular complexity index is 1070. The minimum atomic E-state index is -1.85. The van der Waals surface area contributed by atoms with E-state index in [4.69, 9.17) is 0 Å². The molecule has 0 saturated heterocycles. The second-order valence-electron chi connectivity index (χ2n) is 8.07. The number of nitrogens with one attached hydrogen (secondary N) is 1. The van der Waals surface area contributed by atoms with E-state index in [-0.39, 0.29) is 0 Å². The maximum absolute atomic E-state index is 12.6. The standard InChI is InChI=1S/C26H26N2O4/c1-17(18-11-13-20(14-12-18)19-7-3-2-4-8-19)27-25(31)23(29)24(30)26(32)28-15-21-9-5-6-10-22(21)16-28/h2-14,17,23-24,29-30H,15-16H2,1H3,(H,27,31). The molecule has 0 spiro atoms. The molecular weight excluding hydrogens is 404 g/mol. The number of hydrogen-bond acceptors (Lipinski definition) is 4. The first-order valence-corrected chi connectivity index (χ1v) is 10.6. The average molecular weight is 431 g/mol. The van der Waals surface area contributed by atoms with E-state index in [1.807, 2.05) is 78.9 Å². The van der Waals surface area contributed by atoms with E-state index in [1.54, 1.807) is 6.92 Å². The van der Waals surface area contributed by atoms with Gasteiger partial charge in [0, 0.05) is 13.1 Å². The molecule has 0 aliphatic carbocycles. The predicted molar refractivity (Wildman–Crippen MR) is 121 cm³/mol. The van der Waals surface area contributed by atoms with E-state index in [9.17, 15) is 19.8 Å². The zero-order chi connectivity index (χ0) is 22.7. The lowest BCUT2D eigenvalue weighted by molar-refractivity contribution is -0.153. The van der Waals surface area contributed by atoms with Crippen molar-refractivity contribution in [1.82, 2.24) is 10.2 Å². The Morgan fingerprint density at radius 3 is 1.91 bits per heavy atom. The van der Waals surface area contributed by atoms with Crippen LogP contribution in [0.5, 0.6) is 0 Å². The van der Waals surface area contributed by atoms with Crippen molar-refractivity contribution in [3.05, 3.63) is 95.6 Å². The summed E-state index contributed by atoms with van der Waals surface area (Å²) in [5.41, 5.74) is 5.00. The summed E-state index contributed by atoms with van der Waals surface area (Å²) in [6, 6.07) is 24.9. The highest BCUT2D eigenvalue weighted by Gasteiger charge is 2.35. The van der Waals surface area contributed by atoms with Crippen molar-refractivity contribution in [2.24, 2.45) is 0 Å². The first-order valence-electron chi connectivity index (χ1n) is 10.6. The fraction of sp³-hybridized carbons (Fsp3) is 0.231. The Balaban J connectivity index is 1.35. The van der Waals surface area contributed by atoms with Gasteiger partial charge in [-0.05, 0) is 34.7 Å². The van der Waals surface area contributed by atoms with Crippen molar-refractivity contribution in [3.8, 4) is 11.1 Å². The van der Waals surface area contributed by atoms with Gasteiger partial charge in [-0.25, -0.2) is 0 Å². The molecule has 1 heterocycles. The van der Waals surface area contributed by atoms with E-state index < -0.39 is 30.1 Å². The van der Waals surface area contributed by atoms with Gasteiger partial charge in [-0.1, -0.05) is 78.9 Å². The SMILES string of the molecule is CC(NC(=O)C(O)C(O)C(=O)N1Cc2ccccc2C1)c1ccc(-c2ccccc2)cc1. The van der Waals surface area contributed by atoms with Gasteiger partial charge in [-0.15, -0.1) is 0 Å². The third-order valence-corrected chi connectivity index (χ3v) is 5.85. The molecule has 4 rings (SSSR count). The van der Waals surface area contributed by atoms with E-state index >= 15 is 0 Å². The molecule has 164 valence electrons. The van der Waals surface area contributed by atoms with Crippen LogP contribution < -0.4 is 5.32 Å². The first kappa shape index (κ1) is 21.7. The number of aliphatic hydroxyl groups is 2. The summed E-state index contributed by atoms with van der Waals surface area (Å²) in [7, 11) is 0. The summed E-state index contributed by atoms with van der Waals surface area (Å²) in [6.45, 7) is 2.49. The topological polar surface area (TPSA) is 89.9 Å². The smallest absolute Gasteiger partial charge is 0.255 e. The molecule has 3 unspecified atom stereocenters. The van der Waals surface area contributed by atoms with Crippen molar-refractivity contribution in [3.63, 3.8) is 0 Å². The van der Waals surface area contributed by atoms with Crippen LogP contribution in [0.2, 0.25) is 0 Å². The Morgan fingerprint density at radius 1 is 0.781 bits per heavy atom. The minimum Gasteiger partial charge on any atom is -0.380 e. The maximum Gasteiger partial charge on any atom is 0.255 e. The summed E-state index contributed by atoms with van der Waals surface area (Å²) in [5.74, 6) is -1.45. The van der Waals surface area contributed by atoms with Gasteiger partial charge >= 0.3 is 0 Å². The molecule has 1 aliphatic rings. The quantitative estimate of drug-likeness (QED) is 0.561. The number of amides is 2. The van der Waals surface area contributed by atoms with E-state index in [2.05, 4.69) is 5.32 Å². The molecule has 0 saturated carbocycles. The Hall–Kier alpha value is -3.48. The van der Waals surface area contributed by atoms with Crippen LogP contribution in [0.3, 0.4) is 0 Å². The van der Waals surface area contributed by atoms with E-state index in [0.29, 0.717) is 13.1 Å². The molecule has 3 aromatic rings. The van der Waals surface area contributed by atoms with Gasteiger partial charge in [0.2, 0.25) is 0 Å². The van der Waals surface area contributed by atoms with Crippen molar-refractivity contribution < 1.29 is 19.8 Å². The maximum atomic E-state index is 12.6. The molecule has 0 radical (unpaired) electrons. The van der Waals surface area contributed by atoms with Crippen LogP contribution in [0.25, 0.3) is 11.1 Å². The Labute approximate surface area is 187 Å². The van der Waals surface area contributed by atoms with Gasteiger partial charge in [-0.2, -0.15) is 0 Å². The molecule has 3 aromatic carbocycles. The molecule has 0 bridgehead atoms. The van der Waals surface area contributed by atoms with Gasteiger partial charge in [0.1, 0.15) is 0 Å². The van der Waals surface area contributed by atoms with Crippen LogP contribution >= 0.6 is 0 Å². The molecule has 0 aromatic heterocycles. The van der Waals surface area contributed by atoms with Crippen LogP contribution in [0.15, 0.2) is 78.9 Å². The summed E-state index contributed by atoms with van der Waals surface area (Å²) in [5, 5.41) is 23.3. The molecular formula is C26H26N2O4. The fourth-order valence-corrected chi connectivity index (χ4v) is 3.93. The lowest BCUT2D eigenvalue weighted by Gasteiger charge is -2.24. The number of hydrogen-bond donors (Lipinski definition) is 3. The van der Waals surface area contributed by atoms with Gasteiger partial charge in [-0.3, -0.25) is 9.59 Å². The number of fused-ring (bicyclic) bond motifs is 1. The van der Waals surface area contributed by atoms with E-state index in [1.165, 1.54) is 4.90 Å². The molecule has 2 amide bonds. The van der Waals surface area contributed by atoms with Crippen LogP contribution in [-0.4, -0.2) is 39.1 Å². The number of carbonyl (C=O) groups excluding carboxylic acids is 2. The van der Waals surface area contributed by atoms with Gasteiger partial charge in [0.05, 0.1) is 6.04 Å². The van der Waals surface area contributed by atoms with E-state index in [0.717, 1.165) is 27.8 Å². The average Bonchev–Trinajstić information content (AvgIpc) is 3.27. The lowest BCUT2D eigenvalue weighted by atomic mass is 10.0. The third kappa shape index (κ3) is 4.56. The van der Waals surface area contributed by atoms with Crippen molar-refractivity contribution in [2.45, 2.75) is 38.3 Å². The molecule has 1 aliphatic heterocycles. The van der Waals surface area contributed by atoms with Crippen LogP contribution in [0.1, 0.15) is 29.7 Å². The van der Waals surface area contributed by atoms with Gasteiger partial charge in [0.15, 0.2) is 12.2 Å². The largest absolute Gasteiger partial charge is 0.380 e. The first-order chi connectivity index (χ1) is 15.4. The number of nitrogens with zero attached hydrogens (tertiary/aromatic N) is 1. The normalized spacial score (nSPS) is 15.5. The van der Waals surface area contributed by atoms with Crippen LogP contribution in [0.4, 0.5) is 0 Å². The summed E-state index contributed by atoms with van der Waals surface area (Å²) in [4.78, 5) is 26.6. The Morgan fingerprint density at radius 2 is 1.31 bits per heavy atom. The molecule has 32 heavy (non-hydrogen) atoms. The Kier molecular flexibility index (Phi) is 6.35. The van der Waals surface area contributed by atoms with Crippen molar-refractivity contribution in [2.75, 3.05) is 0 Å². The van der Waals surface area contributed by atoms with Crippen molar-refractivity contribution >= 4 is 11.8 Å². The number of aliphatic hydroxyl groups excluding tert-OH is 2. The molecule has 3 N–H and O–H groups in total. The zero-order valence-corrected chi connectivity index (χ0v) is 17.8. The minimum absolute atomic E-state index is 0.352. The molecule has 0 fully saturated rings. The fourth-order valence-electron chi connectivity index (χ4n) is 3.93. The second-order valence-corrected chi connectivity index (χ2v) is 8.07. The predicted octanol–water partition coefficient (Wildman–Crippen LogP) is 2.80. The molecule has 6 nitrogen and oxygen atoms in total. The summed E-state index contributed by atoms with van der Waals surface area (Å²) >= 11 is 0. The molecule has 6 heteroatoms. The highest BCUT2D eigenvalue weighted by molar-refractivity contribution is 5.91. The summed E-state index contributed by atoms with van der Waals surface area (Å²) < 4.78 is 0. The third-order valence-electron chi connectivity index (χ3n) is 5.85. The van der Waals surface area contributed by atoms with Crippen LogP contribution in [-0.2, 0) is 22.7 Å².